The molecule has 4 heteroatoms. The number of ether oxygens (including phenoxy) is 1. The highest BCUT2D eigenvalue weighted by atomic mass is 16.6. The van der Waals surface area contributed by atoms with E-state index in [1.54, 1.807) is 0 Å². The average molecular weight is 352 g/mol. The largest absolute Gasteiger partial charge is 0.444 e. The lowest BCUT2D eigenvalue weighted by atomic mass is 10.1. The third-order valence-electron chi connectivity index (χ3n) is 4.66. The Kier molecular flexibility index (Phi) is 4.94. The van der Waals surface area contributed by atoms with Crippen molar-refractivity contribution in [2.24, 2.45) is 0 Å². The molecule has 0 N–H and O–H groups in total. The van der Waals surface area contributed by atoms with Crippen molar-refractivity contribution in [1.29, 1.82) is 0 Å². The summed E-state index contributed by atoms with van der Waals surface area (Å²) in [6, 6.07) is 12.3. The second-order valence-electron chi connectivity index (χ2n) is 7.83. The maximum absolute atomic E-state index is 12.7. The predicted octanol–water partition coefficient (Wildman–Crippen LogP) is 5.36. The van der Waals surface area contributed by atoms with Crippen LogP contribution in [0.4, 0.5) is 4.79 Å². The first-order chi connectivity index (χ1) is 12.3. The van der Waals surface area contributed by atoms with Crippen LogP contribution in [0.1, 0.15) is 51.7 Å². The predicted molar refractivity (Wildman–Crippen MR) is 106 cm³/mol. The fraction of sp³-hybridized carbons (Fsp3) is 0.409. The minimum atomic E-state index is -0.481. The summed E-state index contributed by atoms with van der Waals surface area (Å²) < 4.78 is 7.66. The van der Waals surface area contributed by atoms with Crippen molar-refractivity contribution in [2.45, 2.75) is 51.7 Å². The van der Waals surface area contributed by atoms with Crippen LogP contribution in [-0.4, -0.2) is 27.7 Å². The minimum absolute atomic E-state index is 0.219. The molecule has 3 rings (SSSR count). The molecule has 0 radical (unpaired) electrons. The smallest absolute Gasteiger partial charge is 0.411 e. The van der Waals surface area contributed by atoms with Crippen molar-refractivity contribution in [3.63, 3.8) is 0 Å². The molecule has 1 fully saturated rings. The van der Waals surface area contributed by atoms with Crippen LogP contribution in [0.15, 0.2) is 48.8 Å². The van der Waals surface area contributed by atoms with Gasteiger partial charge in [0.2, 0.25) is 0 Å². The van der Waals surface area contributed by atoms with Crippen molar-refractivity contribution >= 4 is 18.4 Å². The quantitative estimate of drug-likeness (QED) is 0.726. The molecule has 0 saturated heterocycles. The molecule has 1 amide bonds. The highest BCUT2D eigenvalue weighted by molar-refractivity contribution is 5.70. The van der Waals surface area contributed by atoms with Gasteiger partial charge < -0.3 is 9.30 Å². The van der Waals surface area contributed by atoms with Crippen LogP contribution in [-0.2, 0) is 10.3 Å². The van der Waals surface area contributed by atoms with E-state index in [2.05, 4.69) is 30.5 Å². The second kappa shape index (κ2) is 7.02. The molecule has 1 saturated carbocycles. The van der Waals surface area contributed by atoms with Crippen LogP contribution in [0, 0.1) is 0 Å². The zero-order valence-electron chi connectivity index (χ0n) is 16.1. The molecule has 1 aliphatic rings. The standard InChI is InChI=1S/C22H28N2O2/c1-5-24(20(25)26-21(2,3)4)22(13-14-22)19-12-16-23(17-19)15-11-18-9-7-6-8-10-18/h6-12,15-17H,5,13-14H2,1-4H3. The lowest BCUT2D eigenvalue weighted by molar-refractivity contribution is 0.0136. The van der Waals surface area contributed by atoms with Gasteiger partial charge in [-0.3, -0.25) is 4.90 Å². The normalized spacial score (nSPS) is 15.8. The number of hydrogen-bond donors (Lipinski definition) is 0. The molecule has 1 heterocycles. The number of benzene rings is 1. The van der Waals surface area contributed by atoms with Crippen LogP contribution < -0.4 is 0 Å². The van der Waals surface area contributed by atoms with Crippen LogP contribution >= 0.6 is 0 Å². The Labute approximate surface area is 156 Å². The third-order valence-corrected chi connectivity index (χ3v) is 4.66. The summed E-state index contributed by atoms with van der Waals surface area (Å²) in [6.45, 7) is 8.37. The molecule has 0 aliphatic heterocycles. The van der Waals surface area contributed by atoms with Gasteiger partial charge in [0.15, 0.2) is 0 Å². The van der Waals surface area contributed by atoms with E-state index < -0.39 is 5.60 Å². The first-order valence-electron chi connectivity index (χ1n) is 9.26. The highest BCUT2D eigenvalue weighted by Crippen LogP contribution is 2.51. The topological polar surface area (TPSA) is 34.5 Å². The van der Waals surface area contributed by atoms with Gasteiger partial charge in [0.1, 0.15) is 5.60 Å². The molecular weight excluding hydrogens is 324 g/mol. The Balaban J connectivity index is 1.77. The van der Waals surface area contributed by atoms with E-state index in [1.165, 1.54) is 5.56 Å². The summed E-state index contributed by atoms with van der Waals surface area (Å²) >= 11 is 0. The molecule has 0 unspecified atom stereocenters. The second-order valence-corrected chi connectivity index (χ2v) is 7.83. The van der Waals surface area contributed by atoms with Crippen LogP contribution in [0.3, 0.4) is 0 Å². The Morgan fingerprint density at radius 1 is 1.23 bits per heavy atom. The van der Waals surface area contributed by atoms with E-state index >= 15 is 0 Å². The molecule has 0 atom stereocenters. The molecule has 0 bridgehead atoms. The number of hydrogen-bond acceptors (Lipinski definition) is 2. The monoisotopic (exact) mass is 352 g/mol. The van der Waals surface area contributed by atoms with E-state index in [4.69, 9.17) is 4.74 Å². The number of carbonyl (C=O) groups excluding carboxylic acids is 1. The maximum atomic E-state index is 12.7. The van der Waals surface area contributed by atoms with Gasteiger partial charge in [-0.2, -0.15) is 0 Å². The fourth-order valence-corrected chi connectivity index (χ4v) is 3.27. The number of amides is 1. The van der Waals surface area contributed by atoms with Gasteiger partial charge in [0.05, 0.1) is 5.54 Å². The molecule has 1 aromatic carbocycles. The van der Waals surface area contributed by atoms with Gasteiger partial charge >= 0.3 is 6.09 Å². The number of nitrogens with zero attached hydrogens (tertiary/aromatic N) is 2. The summed E-state index contributed by atoms with van der Waals surface area (Å²) in [6.07, 6.45) is 9.99. The Morgan fingerprint density at radius 3 is 2.50 bits per heavy atom. The molecule has 0 spiro atoms. The molecule has 1 aromatic heterocycles. The van der Waals surface area contributed by atoms with Gasteiger partial charge in [-0.25, -0.2) is 4.79 Å². The van der Waals surface area contributed by atoms with Crippen LogP contribution in [0.25, 0.3) is 12.3 Å². The van der Waals surface area contributed by atoms with E-state index in [1.807, 2.05) is 67.8 Å². The first kappa shape index (κ1) is 18.3. The van der Waals surface area contributed by atoms with Crippen molar-refractivity contribution in [2.75, 3.05) is 6.54 Å². The average Bonchev–Trinajstić information content (AvgIpc) is 3.22. The van der Waals surface area contributed by atoms with E-state index in [0.717, 1.165) is 18.4 Å². The maximum Gasteiger partial charge on any atom is 0.411 e. The summed E-state index contributed by atoms with van der Waals surface area (Å²) in [5.74, 6) is 0. The lowest BCUT2D eigenvalue weighted by Crippen LogP contribution is -2.43. The van der Waals surface area contributed by atoms with Crippen molar-refractivity contribution in [3.8, 4) is 0 Å². The van der Waals surface area contributed by atoms with Crippen molar-refractivity contribution in [3.05, 3.63) is 59.9 Å². The number of rotatable bonds is 5. The van der Waals surface area contributed by atoms with Gasteiger partial charge in [-0.15, -0.1) is 0 Å². The minimum Gasteiger partial charge on any atom is -0.444 e. The molecule has 26 heavy (non-hydrogen) atoms. The molecule has 138 valence electrons. The summed E-state index contributed by atoms with van der Waals surface area (Å²) in [4.78, 5) is 14.5. The van der Waals surface area contributed by atoms with Crippen molar-refractivity contribution < 1.29 is 9.53 Å². The molecular formula is C22H28N2O2. The highest BCUT2D eigenvalue weighted by Gasteiger charge is 2.52. The number of carbonyl (C=O) groups is 1. The Morgan fingerprint density at radius 2 is 1.92 bits per heavy atom. The lowest BCUT2D eigenvalue weighted by Gasteiger charge is -2.32. The first-order valence-corrected chi connectivity index (χ1v) is 9.26. The van der Waals surface area contributed by atoms with E-state index in [-0.39, 0.29) is 11.6 Å². The van der Waals surface area contributed by atoms with Crippen molar-refractivity contribution in [1.82, 2.24) is 9.47 Å². The molecule has 4 nitrogen and oxygen atoms in total. The van der Waals surface area contributed by atoms with Crippen LogP contribution in [0.5, 0.6) is 0 Å². The summed E-state index contributed by atoms with van der Waals surface area (Å²) in [5, 5.41) is 0. The fourth-order valence-electron chi connectivity index (χ4n) is 3.27. The zero-order valence-corrected chi connectivity index (χ0v) is 16.1. The summed E-state index contributed by atoms with van der Waals surface area (Å²) in [7, 11) is 0. The molecule has 2 aromatic rings. The Bertz CT molecular complexity index is 780. The summed E-state index contributed by atoms with van der Waals surface area (Å²) in [5.41, 5.74) is 1.63. The third kappa shape index (κ3) is 4.01. The van der Waals surface area contributed by atoms with Gasteiger partial charge in [-0.05, 0) is 63.8 Å². The van der Waals surface area contributed by atoms with E-state index in [0.29, 0.717) is 6.54 Å². The Hall–Kier alpha value is -2.49. The SMILES string of the molecule is CCN(C(=O)OC(C)(C)C)C1(c2ccn(C=Cc3ccccc3)c2)CC1. The van der Waals surface area contributed by atoms with Gasteiger partial charge in [0, 0.05) is 25.1 Å². The number of aromatic nitrogens is 1. The van der Waals surface area contributed by atoms with Gasteiger partial charge in [0.25, 0.3) is 0 Å². The van der Waals surface area contributed by atoms with E-state index in [9.17, 15) is 4.79 Å². The van der Waals surface area contributed by atoms with Crippen LogP contribution in [0.2, 0.25) is 0 Å². The molecule has 1 aliphatic carbocycles. The zero-order chi connectivity index (χ0) is 18.8. The van der Waals surface area contributed by atoms with Gasteiger partial charge in [-0.1, -0.05) is 30.3 Å².